The number of rotatable bonds is 5. The predicted octanol–water partition coefficient (Wildman–Crippen LogP) is 2.70. The van der Waals surface area contributed by atoms with Gasteiger partial charge in [0.15, 0.2) is 0 Å². The second kappa shape index (κ2) is 6.71. The molecule has 1 unspecified atom stereocenters. The predicted molar refractivity (Wildman–Crippen MR) is 83.8 cm³/mol. The molecule has 0 amide bonds. The molecule has 1 atom stereocenters. The van der Waals surface area contributed by atoms with Gasteiger partial charge in [-0.3, -0.25) is 9.88 Å². The highest BCUT2D eigenvalue weighted by atomic mass is 15.2. The van der Waals surface area contributed by atoms with Gasteiger partial charge in [-0.05, 0) is 37.9 Å². The molecule has 2 heterocycles. The molecule has 2 aromatic heterocycles. The van der Waals surface area contributed by atoms with E-state index >= 15 is 0 Å². The van der Waals surface area contributed by atoms with Crippen LogP contribution in [0.15, 0.2) is 30.7 Å². The van der Waals surface area contributed by atoms with Crippen LogP contribution in [0.2, 0.25) is 0 Å². The first-order valence-electron chi connectivity index (χ1n) is 7.80. The van der Waals surface area contributed by atoms with Gasteiger partial charge in [0.1, 0.15) is 5.82 Å². The molecule has 0 aliphatic heterocycles. The molecular weight excluding hydrogens is 274 g/mol. The van der Waals surface area contributed by atoms with Crippen LogP contribution in [-0.2, 0) is 19.5 Å². The summed E-state index contributed by atoms with van der Waals surface area (Å²) >= 11 is 0. The number of aromatic nitrogens is 3. The fourth-order valence-electron chi connectivity index (χ4n) is 3.21. The quantitative estimate of drug-likeness (QED) is 0.851. The lowest BCUT2D eigenvalue weighted by Crippen LogP contribution is -2.29. The van der Waals surface area contributed by atoms with Gasteiger partial charge in [0.25, 0.3) is 0 Å². The van der Waals surface area contributed by atoms with Crippen LogP contribution < -0.4 is 0 Å². The van der Waals surface area contributed by atoms with Crippen molar-refractivity contribution in [3.8, 4) is 6.07 Å². The number of fused-ring (bicyclic) bond motifs is 1. The average Bonchev–Trinajstić information content (AvgIpc) is 2.99. The molecule has 0 fully saturated rings. The van der Waals surface area contributed by atoms with Gasteiger partial charge in [-0.2, -0.15) is 5.26 Å². The van der Waals surface area contributed by atoms with Crippen LogP contribution in [0.4, 0.5) is 0 Å². The van der Waals surface area contributed by atoms with E-state index in [1.807, 2.05) is 24.7 Å². The summed E-state index contributed by atoms with van der Waals surface area (Å²) in [5.74, 6) is 1.01. The summed E-state index contributed by atoms with van der Waals surface area (Å²) in [5.41, 5.74) is 2.59. The van der Waals surface area contributed by atoms with Crippen LogP contribution in [0.3, 0.4) is 0 Å². The minimum Gasteiger partial charge on any atom is -0.333 e. The zero-order valence-electron chi connectivity index (χ0n) is 12.9. The van der Waals surface area contributed by atoms with E-state index in [2.05, 4.69) is 38.6 Å². The zero-order chi connectivity index (χ0) is 15.4. The summed E-state index contributed by atoms with van der Waals surface area (Å²) in [7, 11) is 2.14. The van der Waals surface area contributed by atoms with Gasteiger partial charge in [-0.15, -0.1) is 0 Å². The molecule has 0 aromatic carbocycles. The zero-order valence-corrected chi connectivity index (χ0v) is 12.9. The van der Waals surface area contributed by atoms with Crippen molar-refractivity contribution >= 4 is 0 Å². The van der Waals surface area contributed by atoms with Gasteiger partial charge in [0.05, 0.1) is 30.8 Å². The minimum absolute atomic E-state index is 0.353. The van der Waals surface area contributed by atoms with E-state index in [0.29, 0.717) is 19.0 Å². The Bertz CT molecular complexity index is 670. The van der Waals surface area contributed by atoms with Gasteiger partial charge >= 0.3 is 0 Å². The summed E-state index contributed by atoms with van der Waals surface area (Å²) in [6.07, 6.45) is 9.64. The fraction of sp³-hybridized carbons (Fsp3) is 0.471. The Morgan fingerprint density at radius 2 is 2.32 bits per heavy atom. The summed E-state index contributed by atoms with van der Waals surface area (Å²) in [6.45, 7) is 1.48. The van der Waals surface area contributed by atoms with Crippen molar-refractivity contribution in [2.45, 2.75) is 44.8 Å². The maximum absolute atomic E-state index is 8.75. The molecule has 22 heavy (non-hydrogen) atoms. The van der Waals surface area contributed by atoms with Crippen molar-refractivity contribution in [2.24, 2.45) is 0 Å². The normalized spacial score (nSPS) is 17.2. The van der Waals surface area contributed by atoms with E-state index in [4.69, 9.17) is 5.26 Å². The molecular formula is C17H21N5. The van der Waals surface area contributed by atoms with E-state index < -0.39 is 0 Å². The first-order chi connectivity index (χ1) is 10.8. The third-order valence-corrected chi connectivity index (χ3v) is 4.35. The van der Waals surface area contributed by atoms with Crippen molar-refractivity contribution in [3.05, 3.63) is 47.8 Å². The topological polar surface area (TPSA) is 57.7 Å². The lowest BCUT2D eigenvalue weighted by atomic mass is 9.91. The Labute approximate surface area is 131 Å². The first kappa shape index (κ1) is 14.7. The maximum atomic E-state index is 8.75. The molecule has 0 saturated heterocycles. The van der Waals surface area contributed by atoms with Crippen LogP contribution >= 0.6 is 0 Å². The smallest absolute Gasteiger partial charge is 0.122 e. The van der Waals surface area contributed by atoms with E-state index in [-0.39, 0.29) is 0 Å². The maximum Gasteiger partial charge on any atom is 0.122 e. The molecule has 1 aliphatic rings. The summed E-state index contributed by atoms with van der Waals surface area (Å²) < 4.78 is 2.07. The Balaban J connectivity index is 1.75. The van der Waals surface area contributed by atoms with Gasteiger partial charge in [0.2, 0.25) is 0 Å². The molecule has 114 valence electrons. The van der Waals surface area contributed by atoms with Crippen LogP contribution in [0.5, 0.6) is 0 Å². The molecule has 1 aliphatic carbocycles. The third-order valence-electron chi connectivity index (χ3n) is 4.35. The Morgan fingerprint density at radius 3 is 3.18 bits per heavy atom. The second-order valence-corrected chi connectivity index (χ2v) is 5.82. The Hall–Kier alpha value is -2.19. The average molecular weight is 295 g/mol. The first-order valence-corrected chi connectivity index (χ1v) is 7.80. The largest absolute Gasteiger partial charge is 0.333 e. The van der Waals surface area contributed by atoms with E-state index in [1.54, 1.807) is 0 Å². The number of nitrogens with zero attached hydrogens (tertiary/aromatic N) is 5. The van der Waals surface area contributed by atoms with Crippen molar-refractivity contribution in [2.75, 3.05) is 7.05 Å². The van der Waals surface area contributed by atoms with Crippen LogP contribution in [0.1, 0.15) is 42.4 Å². The molecule has 5 heteroatoms. The minimum atomic E-state index is 0.353. The number of hydrogen-bond donors (Lipinski definition) is 0. The van der Waals surface area contributed by atoms with Crippen molar-refractivity contribution < 1.29 is 0 Å². The fourth-order valence-corrected chi connectivity index (χ4v) is 3.21. The van der Waals surface area contributed by atoms with Gasteiger partial charge in [0, 0.05) is 25.1 Å². The van der Waals surface area contributed by atoms with Crippen LogP contribution in [-0.4, -0.2) is 26.5 Å². The van der Waals surface area contributed by atoms with Crippen molar-refractivity contribution in [1.82, 2.24) is 19.4 Å². The molecule has 0 spiro atoms. The highest BCUT2D eigenvalue weighted by Crippen LogP contribution is 2.32. The monoisotopic (exact) mass is 295 g/mol. The number of hydrogen-bond acceptors (Lipinski definition) is 4. The number of pyridine rings is 1. The summed E-state index contributed by atoms with van der Waals surface area (Å²) in [6, 6.07) is 6.76. The van der Waals surface area contributed by atoms with Crippen LogP contribution in [0.25, 0.3) is 0 Å². The van der Waals surface area contributed by atoms with Gasteiger partial charge in [-0.25, -0.2) is 4.98 Å². The molecule has 2 aromatic rings. The highest BCUT2D eigenvalue weighted by molar-refractivity contribution is 5.25. The van der Waals surface area contributed by atoms with E-state index in [0.717, 1.165) is 25.2 Å². The van der Waals surface area contributed by atoms with E-state index in [1.165, 1.54) is 17.7 Å². The lowest BCUT2D eigenvalue weighted by Gasteiger charge is -2.32. The molecule has 0 radical (unpaired) electrons. The SMILES string of the molecule is CN(Cc1nccn1CCC#N)C1CCCc2cccnc21. The van der Waals surface area contributed by atoms with Crippen molar-refractivity contribution in [3.63, 3.8) is 0 Å². The van der Waals surface area contributed by atoms with Crippen LogP contribution in [0, 0.1) is 11.3 Å². The molecule has 0 saturated carbocycles. The van der Waals surface area contributed by atoms with Crippen molar-refractivity contribution in [1.29, 1.82) is 5.26 Å². The Morgan fingerprint density at radius 1 is 1.41 bits per heavy atom. The van der Waals surface area contributed by atoms with Gasteiger partial charge < -0.3 is 4.57 Å². The lowest BCUT2D eigenvalue weighted by molar-refractivity contribution is 0.201. The Kier molecular flexibility index (Phi) is 4.50. The number of imidazole rings is 1. The standard InChI is InChI=1S/C17H21N5/c1-21(13-16-19-10-12-22(16)11-4-8-18)15-7-2-5-14-6-3-9-20-17(14)15/h3,6,9-10,12,15H,2,4-5,7,11,13H2,1H3. The number of aryl methyl sites for hydroxylation is 2. The summed E-state index contributed by atoms with van der Waals surface area (Å²) in [5, 5.41) is 8.75. The van der Waals surface area contributed by atoms with Gasteiger partial charge in [-0.1, -0.05) is 6.07 Å². The molecule has 3 rings (SSSR count). The third kappa shape index (κ3) is 3.02. The highest BCUT2D eigenvalue weighted by Gasteiger charge is 2.25. The summed E-state index contributed by atoms with van der Waals surface area (Å²) in [4.78, 5) is 11.4. The second-order valence-electron chi connectivity index (χ2n) is 5.82. The van der Waals surface area contributed by atoms with E-state index in [9.17, 15) is 0 Å². The molecule has 5 nitrogen and oxygen atoms in total. The molecule has 0 N–H and O–H groups in total. The number of nitriles is 1. The molecule has 0 bridgehead atoms.